The summed E-state index contributed by atoms with van der Waals surface area (Å²) in [5.41, 5.74) is 7.72. The van der Waals surface area contributed by atoms with E-state index in [1.807, 2.05) is 19.1 Å². The van der Waals surface area contributed by atoms with Crippen molar-refractivity contribution in [3.8, 4) is 51.7 Å². The number of benzene rings is 8. The minimum absolute atomic E-state index is 0. The van der Waals surface area contributed by atoms with Crippen molar-refractivity contribution in [1.29, 1.82) is 0 Å². The van der Waals surface area contributed by atoms with Gasteiger partial charge in [0.2, 0.25) is 34.0 Å². The summed E-state index contributed by atoms with van der Waals surface area (Å²) in [6, 6.07) is 44.4. The van der Waals surface area contributed by atoms with Gasteiger partial charge in [-0.15, -0.1) is 5.56 Å². The average Bonchev–Trinajstić information content (AvgIpc) is 0.833. The molecule has 0 spiro atoms. The number of hydrogen-bond acceptors (Lipinski definition) is 27. The maximum absolute atomic E-state index is 12.1. The molecule has 18 N–H and O–H groups in total. The Bertz CT molecular complexity index is 5910. The standard InChI is InChI=1S/C19H24NO12P3.C19H20NO5S.C18H22NO12P3.C18H23NO8P2.2Na.H2O4S/c1-13-11-14(3-6-16(13)31-34(24,25)26)5-8-19(21)20-10-9-15-4-7-17(30-33(2,22)23)18(12-15)32-35(27,28)29;1-14-4-3-5-16(12-14)7-9-19(21)20-11-10-17-6-8-18(15(2)13-17)25-26(22,23)24;1-32(21,22)29-15-6-2-13(3-7-15)10-11-19-18(20)9-5-14-4-8-16(30-33(23,24)25)17(12-14)31-34(26,27)28;1-28(21,22)26-16-7-4-15(5-8-16)12-13-19-18(20)11-6-14-2-9-17(10-3-14)27-29(23,24)25;;;1-5(2,3)4/h3-8,11-12H,9-10H2,1-2H3,(H,20,21)(H,22,23)(H2,24,25,26)(H2,27,28,29);3,5-9,12-13H,10-11H2,1-2H3,(H,20,21)(H,22,23,24);2-9,12H,10-11H2,1H3,(H,19,20)(H,21,22)(H2,23,24,25)(H2,26,27,28);2-5,7-10H,6,11-13H2,1H3,(H,19,20)(H,21,22)(H2,23,24,25);;;(H2,1,2,3,4)/q;-1;;;2*+1;/p-2/b8-5+;9-7+;9-5+;;;;. The number of rotatable bonds is 39. The fourth-order valence-corrected chi connectivity index (χ4v) is 14.1. The van der Waals surface area contributed by atoms with E-state index in [-0.39, 0.29) is 131 Å². The van der Waals surface area contributed by atoms with Gasteiger partial charge in [-0.2, -0.15) is 29.8 Å². The molecule has 0 bridgehead atoms. The van der Waals surface area contributed by atoms with Crippen LogP contribution in [0, 0.1) is 26.8 Å². The molecule has 0 radical (unpaired) electrons. The first kappa shape index (κ1) is 119. The number of hydrogen-bond donors (Lipinski definition) is 18. The summed E-state index contributed by atoms with van der Waals surface area (Å²) in [6.07, 6.45) is 11.0. The first-order chi connectivity index (χ1) is 59.3. The van der Waals surface area contributed by atoms with Gasteiger partial charge in [-0.25, -0.2) is 53.4 Å². The summed E-state index contributed by atoms with van der Waals surface area (Å²) in [4.78, 5) is 165. The maximum atomic E-state index is 12.1. The maximum Gasteiger partial charge on any atom is 1.00 e. The zero-order valence-electron chi connectivity index (χ0n) is 70.3. The molecule has 0 saturated carbocycles. The van der Waals surface area contributed by atoms with E-state index in [9.17, 15) is 83.3 Å². The number of carbonyl (C=O) groups is 4. The van der Waals surface area contributed by atoms with E-state index in [4.69, 9.17) is 80.0 Å². The van der Waals surface area contributed by atoms with Crippen molar-refractivity contribution in [3.05, 3.63) is 249 Å². The van der Waals surface area contributed by atoms with E-state index in [0.717, 1.165) is 71.6 Å². The Kier molecular flexibility index (Phi) is 49.7. The van der Waals surface area contributed by atoms with E-state index < -0.39 is 112 Å². The summed E-state index contributed by atoms with van der Waals surface area (Å²) < 4.78 is 195. The summed E-state index contributed by atoms with van der Waals surface area (Å²) in [7, 11) is -45.3. The molecule has 57 heteroatoms. The van der Waals surface area contributed by atoms with Gasteiger partial charge in [0, 0.05) is 70.8 Å². The summed E-state index contributed by atoms with van der Waals surface area (Å²) in [5.74, 6) is -2.62. The van der Waals surface area contributed by atoms with Crippen molar-refractivity contribution in [1.82, 2.24) is 21.3 Å². The second-order valence-corrected chi connectivity index (χ2v) is 39.6. The predicted molar refractivity (Wildman–Crippen MR) is 462 cm³/mol. The largest absolute Gasteiger partial charge is 1.00 e. The molecule has 0 heterocycles. The van der Waals surface area contributed by atoms with Gasteiger partial charge in [-0.1, -0.05) is 79.7 Å². The Labute approximate surface area is 795 Å². The molecular formula is C74H89N4Na2O41P8S2-. The molecule has 0 aliphatic rings. The molecule has 8 aromatic carbocycles. The van der Waals surface area contributed by atoms with Crippen molar-refractivity contribution in [3.63, 3.8) is 0 Å². The monoisotopic (exact) mass is 2050 g/mol. The van der Waals surface area contributed by atoms with Gasteiger partial charge in [0.25, 0.3) is 10.4 Å². The van der Waals surface area contributed by atoms with Gasteiger partial charge in [0.15, 0.2) is 23.0 Å². The van der Waals surface area contributed by atoms with E-state index >= 15 is 0 Å². The zero-order chi connectivity index (χ0) is 97.2. The molecule has 8 aromatic rings. The van der Waals surface area contributed by atoms with Gasteiger partial charge in [0.05, 0.1) is 0 Å². The number of carbonyl (C=O) groups excluding carboxylic acids is 4. The molecule has 706 valence electrons. The third kappa shape index (κ3) is 58.8. The SMILES string of the molecule is CP(=O)(O)Oc1ccc(CCNC(=O)/C=C/c2ccc(OP(=O)(O)O)c(OP(=O)(O)O)c2)cc1.CP(=O)(O)Oc1ccc(CCNC(=O)CCc2ccc(OP(=O)(O)O)cc2)cc1.Cc1[c-]ccc(/C=C/C(=O)NCCc2ccc(OS(=O)(=O)[O-])c(C)c2)c1.Cc1cc(/C=C/C(=O)NCCc2ccc(OP(C)(=O)O)c(OP(=O)(O)O)c2)ccc1OP(=O)(O)O.O=S(=O)([O-])O.[Na+].[Na+]. The first-order valence-corrected chi connectivity index (χ1v) is 52.7. The Hall–Kier alpha value is -7.84. The third-order valence-electron chi connectivity index (χ3n) is 15.1. The predicted octanol–water partition coefficient (Wildman–Crippen LogP) is 2.67. The fourth-order valence-electron chi connectivity index (χ4n) is 10.0. The van der Waals surface area contributed by atoms with Gasteiger partial charge in [-0.3, -0.25) is 72.7 Å². The fraction of sp³-hybridized carbons (Fsp3) is 0.216. The van der Waals surface area contributed by atoms with E-state index in [1.54, 1.807) is 92.7 Å². The van der Waals surface area contributed by atoms with Crippen LogP contribution >= 0.6 is 61.9 Å². The topological polar surface area (TPSA) is 734 Å². The summed E-state index contributed by atoms with van der Waals surface area (Å²) in [5, 5.41) is 10.8. The molecule has 0 aliphatic heterocycles. The van der Waals surface area contributed by atoms with E-state index in [1.165, 1.54) is 91.0 Å². The molecule has 0 aromatic heterocycles. The second kappa shape index (κ2) is 54.6. The third-order valence-corrected chi connectivity index (χ3v) is 19.3. The molecule has 45 nitrogen and oxygen atoms in total. The van der Waals surface area contributed by atoms with Crippen LogP contribution < -0.4 is 121 Å². The van der Waals surface area contributed by atoms with Crippen LogP contribution in [-0.4, -0.2) is 164 Å². The van der Waals surface area contributed by atoms with Crippen LogP contribution in [0.1, 0.15) is 67.6 Å². The normalized spacial score (nSPS) is 13.0. The van der Waals surface area contributed by atoms with Crippen LogP contribution in [0.5, 0.6) is 51.7 Å². The Morgan fingerprint density at radius 1 is 0.359 bits per heavy atom. The Morgan fingerprint density at radius 2 is 0.664 bits per heavy atom. The van der Waals surface area contributed by atoms with Gasteiger partial charge < -0.3 is 85.4 Å². The van der Waals surface area contributed by atoms with Gasteiger partial charge in [0.1, 0.15) is 28.7 Å². The second-order valence-electron chi connectivity index (χ2n) is 26.6. The Balaban J connectivity index is 0.000000580. The molecule has 4 amide bonds. The number of nitrogens with one attached hydrogen (secondary N) is 4. The molecular weight excluding hydrogens is 1960 g/mol. The quantitative estimate of drug-likeness (QED) is 0.00657. The average molecular weight is 2050 g/mol. The zero-order valence-corrected chi connectivity index (χ0v) is 83.1. The van der Waals surface area contributed by atoms with Gasteiger partial charge in [-0.05, 0) is 187 Å². The summed E-state index contributed by atoms with van der Waals surface area (Å²) in [6.45, 7) is 9.51. The number of amides is 4. The molecule has 0 saturated heterocycles. The van der Waals surface area contributed by atoms with Crippen LogP contribution in [0.4, 0.5) is 0 Å². The minimum Gasteiger partial charge on any atom is -0.726 e. The van der Waals surface area contributed by atoms with Crippen molar-refractivity contribution >= 4 is 125 Å². The molecule has 8 rings (SSSR count). The van der Waals surface area contributed by atoms with Crippen LogP contribution in [0.3, 0.4) is 0 Å². The van der Waals surface area contributed by atoms with Crippen molar-refractivity contribution in [2.75, 3.05) is 46.2 Å². The van der Waals surface area contributed by atoms with E-state index in [0.29, 0.717) is 66.8 Å². The number of aryl methyl sites for hydroxylation is 4. The van der Waals surface area contributed by atoms with Crippen LogP contribution in [0.2, 0.25) is 0 Å². The molecule has 3 atom stereocenters. The van der Waals surface area contributed by atoms with Crippen molar-refractivity contribution in [2.24, 2.45) is 0 Å². The van der Waals surface area contributed by atoms with Crippen molar-refractivity contribution < 1.29 is 249 Å². The molecule has 0 fully saturated rings. The van der Waals surface area contributed by atoms with E-state index in [2.05, 4.69) is 54.1 Å². The summed E-state index contributed by atoms with van der Waals surface area (Å²) >= 11 is 0. The minimum atomic E-state index is -5.07. The van der Waals surface area contributed by atoms with Crippen molar-refractivity contribution in [2.45, 2.75) is 59.3 Å². The Morgan fingerprint density at radius 3 is 1.05 bits per heavy atom. The van der Waals surface area contributed by atoms with Crippen LogP contribution in [-0.2, 0) is 109 Å². The number of phosphoric acid groups is 5. The smallest absolute Gasteiger partial charge is 0.726 e. The number of phosphoric ester groups is 5. The van der Waals surface area contributed by atoms with Gasteiger partial charge >= 0.3 is 121 Å². The molecule has 131 heavy (non-hydrogen) atoms. The van der Waals surface area contributed by atoms with Crippen LogP contribution in [0.25, 0.3) is 18.2 Å². The molecule has 0 aliphatic carbocycles. The first-order valence-electron chi connectivity index (χ1n) is 36.3. The molecule has 3 unspecified atom stereocenters. The van der Waals surface area contributed by atoms with Crippen LogP contribution in [0.15, 0.2) is 182 Å².